The molecule has 0 unspecified atom stereocenters. The fourth-order valence-electron chi connectivity index (χ4n) is 2.61. The number of rotatable bonds is 8. The number of ether oxygens (including phenoxy) is 1. The first-order chi connectivity index (χ1) is 11.2. The van der Waals surface area contributed by atoms with Crippen molar-refractivity contribution in [3.63, 3.8) is 0 Å². The number of carbonyl (C=O) groups is 1. The van der Waals surface area contributed by atoms with E-state index in [1.807, 2.05) is 54.3 Å². The van der Waals surface area contributed by atoms with E-state index >= 15 is 0 Å². The van der Waals surface area contributed by atoms with E-state index in [1.54, 1.807) is 7.11 Å². The van der Waals surface area contributed by atoms with Gasteiger partial charge in [-0.25, -0.2) is 0 Å². The first-order valence-corrected chi connectivity index (χ1v) is 8.17. The second kappa shape index (κ2) is 8.99. The summed E-state index contributed by atoms with van der Waals surface area (Å²) >= 11 is 0. The predicted molar refractivity (Wildman–Crippen MR) is 93.7 cm³/mol. The lowest BCUT2D eigenvalue weighted by molar-refractivity contribution is -0.130. The Bertz CT molecular complexity index is 610. The van der Waals surface area contributed by atoms with E-state index in [2.05, 4.69) is 12.1 Å². The lowest BCUT2D eigenvalue weighted by Gasteiger charge is -2.21. The SMILES string of the molecule is CCN(CCc1ccccc1)C(=O)CCc1cccc(OC)c1. The minimum atomic E-state index is 0.214. The van der Waals surface area contributed by atoms with Crippen LogP contribution in [0.1, 0.15) is 24.5 Å². The zero-order valence-electron chi connectivity index (χ0n) is 14.0. The molecule has 3 nitrogen and oxygen atoms in total. The molecule has 0 atom stereocenters. The second-order valence-electron chi connectivity index (χ2n) is 5.56. The summed E-state index contributed by atoms with van der Waals surface area (Å²) in [5.74, 6) is 1.05. The summed E-state index contributed by atoms with van der Waals surface area (Å²) < 4.78 is 5.22. The number of aryl methyl sites for hydroxylation is 1. The van der Waals surface area contributed by atoms with E-state index in [0.717, 1.165) is 37.2 Å². The summed E-state index contributed by atoms with van der Waals surface area (Å²) in [5.41, 5.74) is 2.41. The monoisotopic (exact) mass is 311 g/mol. The average Bonchev–Trinajstić information content (AvgIpc) is 2.61. The Morgan fingerprint density at radius 2 is 1.74 bits per heavy atom. The third-order valence-corrected chi connectivity index (χ3v) is 4.01. The molecule has 2 rings (SSSR count). The molecule has 0 bridgehead atoms. The van der Waals surface area contributed by atoms with Gasteiger partial charge in [0.2, 0.25) is 5.91 Å². The van der Waals surface area contributed by atoms with Crippen LogP contribution in [0, 0.1) is 0 Å². The van der Waals surface area contributed by atoms with Gasteiger partial charge in [-0.3, -0.25) is 4.79 Å². The van der Waals surface area contributed by atoms with E-state index < -0.39 is 0 Å². The van der Waals surface area contributed by atoms with Crippen LogP contribution in [0.15, 0.2) is 54.6 Å². The van der Waals surface area contributed by atoms with Gasteiger partial charge in [0.25, 0.3) is 0 Å². The molecule has 23 heavy (non-hydrogen) atoms. The van der Waals surface area contributed by atoms with Crippen LogP contribution in [0.25, 0.3) is 0 Å². The third-order valence-electron chi connectivity index (χ3n) is 4.01. The normalized spacial score (nSPS) is 10.3. The van der Waals surface area contributed by atoms with Gasteiger partial charge in [0, 0.05) is 19.5 Å². The van der Waals surface area contributed by atoms with Crippen molar-refractivity contribution in [2.45, 2.75) is 26.2 Å². The van der Waals surface area contributed by atoms with Gasteiger partial charge in [0.15, 0.2) is 0 Å². The largest absolute Gasteiger partial charge is 0.497 e. The molecular formula is C20H25NO2. The summed E-state index contributed by atoms with van der Waals surface area (Å²) in [6.45, 7) is 3.57. The summed E-state index contributed by atoms with van der Waals surface area (Å²) in [5, 5.41) is 0. The molecule has 0 saturated heterocycles. The Morgan fingerprint density at radius 1 is 1.00 bits per heavy atom. The van der Waals surface area contributed by atoms with Crippen molar-refractivity contribution >= 4 is 5.91 Å². The molecule has 0 aliphatic carbocycles. The van der Waals surface area contributed by atoms with Gasteiger partial charge in [-0.1, -0.05) is 42.5 Å². The van der Waals surface area contributed by atoms with Crippen molar-refractivity contribution in [2.24, 2.45) is 0 Å². The van der Waals surface area contributed by atoms with Crippen molar-refractivity contribution < 1.29 is 9.53 Å². The van der Waals surface area contributed by atoms with Gasteiger partial charge in [0.1, 0.15) is 5.75 Å². The van der Waals surface area contributed by atoms with Gasteiger partial charge in [-0.2, -0.15) is 0 Å². The van der Waals surface area contributed by atoms with Gasteiger partial charge in [0.05, 0.1) is 7.11 Å². The predicted octanol–water partition coefficient (Wildman–Crippen LogP) is 3.72. The molecule has 0 aliphatic heterocycles. The van der Waals surface area contributed by atoms with Crippen LogP contribution in [-0.2, 0) is 17.6 Å². The maximum absolute atomic E-state index is 12.4. The minimum absolute atomic E-state index is 0.214. The van der Waals surface area contributed by atoms with Gasteiger partial charge >= 0.3 is 0 Å². The highest BCUT2D eigenvalue weighted by molar-refractivity contribution is 5.76. The fraction of sp³-hybridized carbons (Fsp3) is 0.350. The Balaban J connectivity index is 1.84. The van der Waals surface area contributed by atoms with Gasteiger partial charge in [-0.05, 0) is 43.0 Å². The summed E-state index contributed by atoms with van der Waals surface area (Å²) in [6.07, 6.45) is 2.19. The first kappa shape index (κ1) is 17.1. The Labute approximate surface area is 138 Å². The maximum atomic E-state index is 12.4. The molecule has 0 aromatic heterocycles. The fourth-order valence-corrected chi connectivity index (χ4v) is 2.61. The zero-order valence-corrected chi connectivity index (χ0v) is 14.0. The lowest BCUT2D eigenvalue weighted by Crippen LogP contribution is -2.32. The van der Waals surface area contributed by atoms with Crippen molar-refractivity contribution in [1.29, 1.82) is 0 Å². The van der Waals surface area contributed by atoms with E-state index in [9.17, 15) is 4.79 Å². The second-order valence-corrected chi connectivity index (χ2v) is 5.56. The molecule has 0 saturated carbocycles. The molecule has 3 heteroatoms. The minimum Gasteiger partial charge on any atom is -0.497 e. The summed E-state index contributed by atoms with van der Waals surface area (Å²) in [4.78, 5) is 14.4. The highest BCUT2D eigenvalue weighted by Gasteiger charge is 2.11. The number of carbonyl (C=O) groups excluding carboxylic acids is 1. The smallest absolute Gasteiger partial charge is 0.222 e. The number of amides is 1. The van der Waals surface area contributed by atoms with Crippen LogP contribution in [0.4, 0.5) is 0 Å². The van der Waals surface area contributed by atoms with Gasteiger partial charge in [-0.15, -0.1) is 0 Å². The van der Waals surface area contributed by atoms with E-state index in [1.165, 1.54) is 5.56 Å². The van der Waals surface area contributed by atoms with Crippen LogP contribution in [0.5, 0.6) is 5.75 Å². The van der Waals surface area contributed by atoms with Crippen molar-refractivity contribution in [3.05, 3.63) is 65.7 Å². The summed E-state index contributed by atoms with van der Waals surface area (Å²) in [7, 11) is 1.66. The van der Waals surface area contributed by atoms with Crippen molar-refractivity contribution in [3.8, 4) is 5.75 Å². The molecule has 0 heterocycles. The maximum Gasteiger partial charge on any atom is 0.222 e. The van der Waals surface area contributed by atoms with Crippen LogP contribution in [0.2, 0.25) is 0 Å². The summed E-state index contributed by atoms with van der Waals surface area (Å²) in [6, 6.07) is 18.2. The quantitative estimate of drug-likeness (QED) is 0.743. The molecule has 0 N–H and O–H groups in total. The third kappa shape index (κ3) is 5.44. The van der Waals surface area contributed by atoms with Crippen LogP contribution < -0.4 is 4.74 Å². The number of nitrogens with zero attached hydrogens (tertiary/aromatic N) is 1. The van der Waals surface area contributed by atoms with Crippen LogP contribution in [-0.4, -0.2) is 31.0 Å². The van der Waals surface area contributed by atoms with E-state index in [0.29, 0.717) is 6.42 Å². The molecule has 2 aromatic rings. The van der Waals surface area contributed by atoms with Crippen LogP contribution >= 0.6 is 0 Å². The Hall–Kier alpha value is -2.29. The standard InChI is InChI=1S/C20H25NO2/c1-3-21(15-14-17-8-5-4-6-9-17)20(22)13-12-18-10-7-11-19(16-18)23-2/h4-11,16H,3,12-15H2,1-2H3. The molecule has 2 aromatic carbocycles. The molecular weight excluding hydrogens is 286 g/mol. The number of hydrogen-bond acceptors (Lipinski definition) is 2. The molecule has 122 valence electrons. The number of hydrogen-bond donors (Lipinski definition) is 0. The highest BCUT2D eigenvalue weighted by atomic mass is 16.5. The molecule has 0 aliphatic rings. The van der Waals surface area contributed by atoms with Crippen molar-refractivity contribution in [1.82, 2.24) is 4.90 Å². The Kier molecular flexibility index (Phi) is 6.67. The van der Waals surface area contributed by atoms with Crippen LogP contribution in [0.3, 0.4) is 0 Å². The molecule has 0 fully saturated rings. The average molecular weight is 311 g/mol. The molecule has 0 spiro atoms. The van der Waals surface area contributed by atoms with Crippen molar-refractivity contribution in [2.75, 3.05) is 20.2 Å². The molecule has 0 radical (unpaired) electrons. The topological polar surface area (TPSA) is 29.5 Å². The lowest BCUT2D eigenvalue weighted by atomic mass is 10.1. The molecule has 1 amide bonds. The highest BCUT2D eigenvalue weighted by Crippen LogP contribution is 2.14. The first-order valence-electron chi connectivity index (χ1n) is 8.17. The number of likely N-dealkylation sites (N-methyl/N-ethyl adjacent to an activating group) is 1. The number of methoxy groups -OCH3 is 1. The van der Waals surface area contributed by atoms with E-state index in [-0.39, 0.29) is 5.91 Å². The Morgan fingerprint density at radius 3 is 2.43 bits per heavy atom. The van der Waals surface area contributed by atoms with Gasteiger partial charge < -0.3 is 9.64 Å². The zero-order chi connectivity index (χ0) is 16.5. The van der Waals surface area contributed by atoms with E-state index in [4.69, 9.17) is 4.74 Å². The number of benzene rings is 2.